The average Bonchev–Trinajstić information content (AvgIpc) is 3.41. The summed E-state index contributed by atoms with van der Waals surface area (Å²) >= 11 is 0. The lowest BCUT2D eigenvalue weighted by atomic mass is 10.1. The summed E-state index contributed by atoms with van der Waals surface area (Å²) < 4.78 is 13.5. The number of carbonyl (C=O) groups is 1. The van der Waals surface area contributed by atoms with Crippen molar-refractivity contribution in [2.24, 2.45) is 0 Å². The van der Waals surface area contributed by atoms with Crippen molar-refractivity contribution in [1.29, 1.82) is 0 Å². The smallest absolute Gasteiger partial charge is 0.256 e. The van der Waals surface area contributed by atoms with E-state index >= 15 is 0 Å². The standard InChI is InChI=1S/C26H26N4O3/c1-4-30-25-20(15-27-30)19(13-21(28-25)17-9-7-6-8-10-17)26(31)29-22-14-23-18(11-16(3)33-23)12-24(22)32-5-2/h6-10,12-16H,4-5,11H2,1-3H3,(H,29,31). The van der Waals surface area contributed by atoms with Gasteiger partial charge < -0.3 is 14.8 Å². The van der Waals surface area contributed by atoms with Gasteiger partial charge in [0.25, 0.3) is 5.91 Å². The van der Waals surface area contributed by atoms with Crippen LogP contribution >= 0.6 is 0 Å². The van der Waals surface area contributed by atoms with Crippen molar-refractivity contribution in [3.63, 3.8) is 0 Å². The lowest BCUT2D eigenvalue weighted by Crippen LogP contribution is -2.14. The molecule has 7 heteroatoms. The first-order chi connectivity index (χ1) is 16.1. The minimum absolute atomic E-state index is 0.105. The molecule has 0 spiro atoms. The third kappa shape index (κ3) is 3.91. The molecule has 0 fully saturated rings. The van der Waals surface area contributed by atoms with E-state index in [1.54, 1.807) is 10.9 Å². The number of benzene rings is 2. The van der Waals surface area contributed by atoms with Crippen LogP contribution < -0.4 is 14.8 Å². The fourth-order valence-corrected chi connectivity index (χ4v) is 4.23. The molecule has 7 nitrogen and oxygen atoms in total. The normalized spacial score (nSPS) is 14.7. The van der Waals surface area contributed by atoms with Gasteiger partial charge >= 0.3 is 0 Å². The van der Waals surface area contributed by atoms with Gasteiger partial charge in [-0.3, -0.25) is 4.79 Å². The van der Waals surface area contributed by atoms with Gasteiger partial charge in [-0.1, -0.05) is 30.3 Å². The monoisotopic (exact) mass is 442 g/mol. The van der Waals surface area contributed by atoms with E-state index in [1.165, 1.54) is 0 Å². The molecule has 1 N–H and O–H groups in total. The quantitative estimate of drug-likeness (QED) is 0.450. The third-order valence-electron chi connectivity index (χ3n) is 5.77. The van der Waals surface area contributed by atoms with Crippen molar-refractivity contribution in [3.8, 4) is 22.8 Å². The van der Waals surface area contributed by atoms with E-state index in [-0.39, 0.29) is 12.0 Å². The highest BCUT2D eigenvalue weighted by Crippen LogP contribution is 2.38. The summed E-state index contributed by atoms with van der Waals surface area (Å²) in [4.78, 5) is 18.4. The van der Waals surface area contributed by atoms with Crippen molar-refractivity contribution in [1.82, 2.24) is 14.8 Å². The van der Waals surface area contributed by atoms with E-state index in [0.29, 0.717) is 41.2 Å². The van der Waals surface area contributed by atoms with Gasteiger partial charge in [0.1, 0.15) is 17.6 Å². The second-order valence-corrected chi connectivity index (χ2v) is 8.09. The molecule has 33 heavy (non-hydrogen) atoms. The maximum Gasteiger partial charge on any atom is 0.256 e. The number of nitrogens with zero attached hydrogens (tertiary/aromatic N) is 3. The van der Waals surface area contributed by atoms with Gasteiger partial charge in [-0.2, -0.15) is 5.10 Å². The molecule has 1 amide bonds. The van der Waals surface area contributed by atoms with E-state index in [1.807, 2.05) is 69.3 Å². The van der Waals surface area contributed by atoms with Gasteiger partial charge in [-0.25, -0.2) is 9.67 Å². The molecule has 168 valence electrons. The lowest BCUT2D eigenvalue weighted by Gasteiger charge is -2.14. The summed E-state index contributed by atoms with van der Waals surface area (Å²) in [5.41, 5.74) is 4.53. The van der Waals surface area contributed by atoms with E-state index in [0.717, 1.165) is 29.0 Å². The summed E-state index contributed by atoms with van der Waals surface area (Å²) in [5, 5.41) is 8.18. The topological polar surface area (TPSA) is 78.3 Å². The van der Waals surface area contributed by atoms with Crippen LogP contribution in [0.5, 0.6) is 11.5 Å². The predicted molar refractivity (Wildman–Crippen MR) is 128 cm³/mol. The number of anilines is 1. The first-order valence-electron chi connectivity index (χ1n) is 11.3. The van der Waals surface area contributed by atoms with Gasteiger partial charge in [0, 0.05) is 30.2 Å². The average molecular weight is 443 g/mol. The maximum absolute atomic E-state index is 13.6. The summed E-state index contributed by atoms with van der Waals surface area (Å²) in [7, 11) is 0. The Morgan fingerprint density at radius 2 is 2.03 bits per heavy atom. The SMILES string of the molecule is CCOc1cc2c(cc1NC(=O)c1cc(-c3ccccc3)nc3c1cnn3CC)OC(C)C2. The molecule has 5 rings (SSSR count). The zero-order valence-corrected chi connectivity index (χ0v) is 19.0. The highest BCUT2D eigenvalue weighted by molar-refractivity contribution is 6.13. The van der Waals surface area contributed by atoms with Crippen molar-refractivity contribution in [3.05, 3.63) is 65.9 Å². The molecule has 0 bridgehead atoms. The minimum atomic E-state index is -0.248. The molecule has 1 unspecified atom stereocenters. The molecule has 0 saturated carbocycles. The molecule has 2 aromatic carbocycles. The van der Waals surface area contributed by atoms with Crippen LogP contribution in [0.1, 0.15) is 36.7 Å². The molecular weight excluding hydrogens is 416 g/mol. The number of aromatic nitrogens is 3. The van der Waals surface area contributed by atoms with Crippen LogP contribution in [-0.4, -0.2) is 33.4 Å². The van der Waals surface area contributed by atoms with Crippen LogP contribution in [0.4, 0.5) is 5.69 Å². The van der Waals surface area contributed by atoms with Crippen LogP contribution in [0, 0.1) is 0 Å². The fraction of sp³-hybridized carbons (Fsp3) is 0.269. The molecule has 1 aliphatic heterocycles. The number of hydrogen-bond donors (Lipinski definition) is 1. The molecule has 1 aliphatic rings. The Balaban J connectivity index is 1.58. The van der Waals surface area contributed by atoms with Crippen molar-refractivity contribution in [2.75, 3.05) is 11.9 Å². The molecule has 0 radical (unpaired) electrons. The van der Waals surface area contributed by atoms with E-state index < -0.39 is 0 Å². The van der Waals surface area contributed by atoms with Crippen molar-refractivity contribution in [2.45, 2.75) is 39.8 Å². The van der Waals surface area contributed by atoms with Gasteiger partial charge in [-0.15, -0.1) is 0 Å². The minimum Gasteiger partial charge on any atom is -0.492 e. The van der Waals surface area contributed by atoms with Crippen molar-refractivity contribution < 1.29 is 14.3 Å². The van der Waals surface area contributed by atoms with Crippen molar-refractivity contribution >= 4 is 22.6 Å². The largest absolute Gasteiger partial charge is 0.492 e. The summed E-state index contributed by atoms with van der Waals surface area (Å²) in [6, 6.07) is 15.5. The second kappa shape index (κ2) is 8.58. The molecule has 0 aliphatic carbocycles. The number of aryl methyl sites for hydroxylation is 1. The summed E-state index contributed by atoms with van der Waals surface area (Å²) in [5.74, 6) is 1.17. The maximum atomic E-state index is 13.6. The summed E-state index contributed by atoms with van der Waals surface area (Å²) in [6.45, 7) is 7.12. The molecule has 3 heterocycles. The number of hydrogen-bond acceptors (Lipinski definition) is 5. The molecular formula is C26H26N4O3. The van der Waals surface area contributed by atoms with Crippen LogP contribution in [-0.2, 0) is 13.0 Å². The molecule has 0 saturated heterocycles. The number of ether oxygens (including phenoxy) is 2. The number of pyridine rings is 1. The lowest BCUT2D eigenvalue weighted by molar-refractivity contribution is 0.102. The Kier molecular flexibility index (Phi) is 5.46. The highest BCUT2D eigenvalue weighted by Gasteiger charge is 2.24. The van der Waals surface area contributed by atoms with E-state index in [4.69, 9.17) is 14.5 Å². The Morgan fingerprint density at radius 3 is 2.79 bits per heavy atom. The van der Waals surface area contributed by atoms with E-state index in [9.17, 15) is 4.79 Å². The van der Waals surface area contributed by atoms with Crippen LogP contribution in [0.2, 0.25) is 0 Å². The van der Waals surface area contributed by atoms with Gasteiger partial charge in [0.2, 0.25) is 0 Å². The predicted octanol–water partition coefficient (Wildman–Crippen LogP) is 5.09. The zero-order chi connectivity index (χ0) is 22.9. The Labute approximate surface area is 192 Å². The number of fused-ring (bicyclic) bond motifs is 2. The van der Waals surface area contributed by atoms with Crippen LogP contribution in [0.25, 0.3) is 22.3 Å². The number of nitrogens with one attached hydrogen (secondary N) is 1. The van der Waals surface area contributed by atoms with E-state index in [2.05, 4.69) is 10.4 Å². The number of carbonyl (C=O) groups excluding carboxylic acids is 1. The number of amides is 1. The van der Waals surface area contributed by atoms with Gasteiger partial charge in [-0.05, 0) is 32.9 Å². The van der Waals surface area contributed by atoms with Gasteiger partial charge in [0.05, 0.1) is 35.1 Å². The molecule has 1 atom stereocenters. The van der Waals surface area contributed by atoms with Crippen LogP contribution in [0.15, 0.2) is 54.7 Å². The first-order valence-corrected chi connectivity index (χ1v) is 11.3. The Morgan fingerprint density at radius 1 is 1.21 bits per heavy atom. The first kappa shape index (κ1) is 21.0. The highest BCUT2D eigenvalue weighted by atomic mass is 16.5. The third-order valence-corrected chi connectivity index (χ3v) is 5.77. The van der Waals surface area contributed by atoms with Crippen LogP contribution in [0.3, 0.4) is 0 Å². The fourth-order valence-electron chi connectivity index (χ4n) is 4.23. The number of rotatable bonds is 6. The molecule has 2 aromatic heterocycles. The summed E-state index contributed by atoms with van der Waals surface area (Å²) in [6.07, 6.45) is 2.63. The Bertz CT molecular complexity index is 1330. The molecule has 4 aromatic rings. The van der Waals surface area contributed by atoms with Gasteiger partial charge in [0.15, 0.2) is 5.65 Å². The second-order valence-electron chi connectivity index (χ2n) is 8.09. The zero-order valence-electron chi connectivity index (χ0n) is 19.0. The Hall–Kier alpha value is -3.87.